The van der Waals surface area contributed by atoms with E-state index in [1.807, 2.05) is 35.7 Å². The lowest BCUT2D eigenvalue weighted by Gasteiger charge is -2.12. The topological polar surface area (TPSA) is 106 Å². The maximum absolute atomic E-state index is 12.4. The zero-order valence-corrected chi connectivity index (χ0v) is 17.4. The molecule has 31 heavy (non-hydrogen) atoms. The van der Waals surface area contributed by atoms with Crippen LogP contribution in [0.3, 0.4) is 0 Å². The second kappa shape index (κ2) is 8.11. The van der Waals surface area contributed by atoms with Crippen molar-refractivity contribution in [3.63, 3.8) is 0 Å². The maximum atomic E-state index is 12.4. The van der Waals surface area contributed by atoms with E-state index in [2.05, 4.69) is 10.3 Å². The van der Waals surface area contributed by atoms with Crippen LogP contribution in [0.15, 0.2) is 53.9 Å². The number of rotatable bonds is 5. The van der Waals surface area contributed by atoms with E-state index < -0.39 is 29.8 Å². The van der Waals surface area contributed by atoms with Crippen molar-refractivity contribution >= 4 is 40.2 Å². The molecule has 3 amide bonds. The smallest absolute Gasteiger partial charge is 0.338 e. The molecule has 1 aromatic heterocycles. The van der Waals surface area contributed by atoms with E-state index >= 15 is 0 Å². The number of benzene rings is 2. The average Bonchev–Trinajstić information content (AvgIpc) is 3.33. The number of nitrogens with one attached hydrogen (secondary N) is 1. The predicted molar refractivity (Wildman–Crippen MR) is 114 cm³/mol. The molecule has 0 saturated carbocycles. The Kier molecular flexibility index (Phi) is 5.35. The van der Waals surface area contributed by atoms with Gasteiger partial charge in [0.2, 0.25) is 0 Å². The Morgan fingerprint density at radius 2 is 1.77 bits per heavy atom. The van der Waals surface area contributed by atoms with Crippen LogP contribution in [0.2, 0.25) is 0 Å². The number of amides is 3. The highest BCUT2D eigenvalue weighted by molar-refractivity contribution is 7.14. The van der Waals surface area contributed by atoms with Gasteiger partial charge in [-0.1, -0.05) is 30.3 Å². The van der Waals surface area contributed by atoms with E-state index in [4.69, 9.17) is 4.74 Å². The number of esters is 1. The minimum Gasteiger partial charge on any atom is -0.449 e. The highest BCUT2D eigenvalue weighted by atomic mass is 32.1. The van der Waals surface area contributed by atoms with E-state index in [9.17, 15) is 19.2 Å². The molecule has 2 heterocycles. The fraction of sp³-hybridized carbons (Fsp3) is 0.136. The van der Waals surface area contributed by atoms with Crippen LogP contribution >= 0.6 is 11.3 Å². The Morgan fingerprint density at radius 1 is 1.06 bits per heavy atom. The fourth-order valence-electron chi connectivity index (χ4n) is 3.05. The molecule has 1 unspecified atom stereocenters. The molecule has 0 saturated heterocycles. The second-order valence-corrected chi connectivity index (χ2v) is 7.73. The summed E-state index contributed by atoms with van der Waals surface area (Å²) in [4.78, 5) is 54.3. The van der Waals surface area contributed by atoms with Gasteiger partial charge in [-0.15, -0.1) is 11.3 Å². The van der Waals surface area contributed by atoms with Crippen LogP contribution in [0.4, 0.5) is 5.13 Å². The van der Waals surface area contributed by atoms with Crippen LogP contribution < -0.4 is 5.32 Å². The molecular weight excluding hydrogens is 418 g/mol. The SMILES string of the molecule is CC(OC(=O)c1ccc2c(c1)C(=O)N(C)C2=O)C(=O)Nc1nc(-c2ccccc2)cs1. The summed E-state index contributed by atoms with van der Waals surface area (Å²) in [6, 6.07) is 13.6. The van der Waals surface area contributed by atoms with E-state index in [1.165, 1.54) is 43.5 Å². The lowest BCUT2D eigenvalue weighted by atomic mass is 10.1. The first-order valence-electron chi connectivity index (χ1n) is 9.34. The Morgan fingerprint density at radius 3 is 2.52 bits per heavy atom. The molecule has 4 rings (SSSR count). The van der Waals surface area contributed by atoms with Gasteiger partial charge in [-0.25, -0.2) is 9.78 Å². The number of fused-ring (bicyclic) bond motifs is 1. The second-order valence-electron chi connectivity index (χ2n) is 6.87. The third-order valence-electron chi connectivity index (χ3n) is 4.78. The first-order chi connectivity index (χ1) is 14.8. The summed E-state index contributed by atoms with van der Waals surface area (Å²) in [5.74, 6) is -2.22. The number of hydrogen-bond donors (Lipinski definition) is 1. The number of anilines is 1. The largest absolute Gasteiger partial charge is 0.449 e. The standard InChI is InChI=1S/C22H17N3O5S/c1-12(18(26)24-22-23-17(11-31-22)13-6-4-3-5-7-13)30-21(29)14-8-9-15-16(10-14)20(28)25(2)19(15)27/h3-12H,1-2H3,(H,23,24,26). The van der Waals surface area contributed by atoms with Crippen LogP contribution in [-0.4, -0.2) is 46.7 Å². The molecule has 2 aromatic carbocycles. The van der Waals surface area contributed by atoms with Crippen molar-refractivity contribution in [2.45, 2.75) is 13.0 Å². The van der Waals surface area contributed by atoms with Crippen LogP contribution in [-0.2, 0) is 9.53 Å². The molecule has 8 nitrogen and oxygen atoms in total. The summed E-state index contributed by atoms with van der Waals surface area (Å²) in [5.41, 5.74) is 2.10. The zero-order chi connectivity index (χ0) is 22.1. The maximum Gasteiger partial charge on any atom is 0.338 e. The van der Waals surface area contributed by atoms with Gasteiger partial charge in [-0.05, 0) is 25.1 Å². The third kappa shape index (κ3) is 3.95. The number of nitrogens with zero attached hydrogens (tertiary/aromatic N) is 2. The molecule has 0 fully saturated rings. The van der Waals surface area contributed by atoms with Crippen LogP contribution in [0.5, 0.6) is 0 Å². The van der Waals surface area contributed by atoms with Gasteiger partial charge in [0.05, 0.1) is 22.4 Å². The first kappa shape index (κ1) is 20.4. The number of ether oxygens (including phenoxy) is 1. The minimum absolute atomic E-state index is 0.0791. The number of imide groups is 1. The quantitative estimate of drug-likeness (QED) is 0.487. The number of carbonyl (C=O) groups is 4. The van der Waals surface area contributed by atoms with Crippen molar-refractivity contribution in [1.82, 2.24) is 9.88 Å². The lowest BCUT2D eigenvalue weighted by molar-refractivity contribution is -0.123. The molecule has 3 aromatic rings. The summed E-state index contributed by atoms with van der Waals surface area (Å²) in [6.07, 6.45) is -1.09. The van der Waals surface area contributed by atoms with Crippen molar-refractivity contribution in [2.75, 3.05) is 12.4 Å². The van der Waals surface area contributed by atoms with Crippen molar-refractivity contribution in [3.8, 4) is 11.3 Å². The van der Waals surface area contributed by atoms with E-state index in [-0.39, 0.29) is 16.7 Å². The van der Waals surface area contributed by atoms with Crippen LogP contribution in [0.25, 0.3) is 11.3 Å². The first-order valence-corrected chi connectivity index (χ1v) is 10.2. The number of aromatic nitrogens is 1. The van der Waals surface area contributed by atoms with Crippen molar-refractivity contribution in [2.24, 2.45) is 0 Å². The fourth-order valence-corrected chi connectivity index (χ4v) is 3.77. The third-order valence-corrected chi connectivity index (χ3v) is 5.54. The average molecular weight is 435 g/mol. The van der Waals surface area contributed by atoms with Crippen molar-refractivity contribution < 1.29 is 23.9 Å². The molecule has 1 atom stereocenters. The summed E-state index contributed by atoms with van der Waals surface area (Å²) >= 11 is 1.26. The number of carbonyl (C=O) groups excluding carboxylic acids is 4. The number of hydrogen-bond acceptors (Lipinski definition) is 7. The molecule has 1 N–H and O–H groups in total. The lowest BCUT2D eigenvalue weighted by Crippen LogP contribution is -2.30. The summed E-state index contributed by atoms with van der Waals surface area (Å²) in [5, 5.41) is 4.84. The summed E-state index contributed by atoms with van der Waals surface area (Å²) < 4.78 is 5.23. The van der Waals surface area contributed by atoms with Gasteiger partial charge in [0, 0.05) is 18.0 Å². The molecule has 1 aliphatic rings. The Balaban J connectivity index is 1.41. The van der Waals surface area contributed by atoms with Crippen molar-refractivity contribution in [1.29, 1.82) is 0 Å². The highest BCUT2D eigenvalue weighted by Crippen LogP contribution is 2.25. The molecule has 1 aliphatic heterocycles. The van der Waals surface area contributed by atoms with Gasteiger partial charge >= 0.3 is 5.97 Å². The van der Waals surface area contributed by atoms with Gasteiger partial charge in [0.25, 0.3) is 17.7 Å². The van der Waals surface area contributed by atoms with E-state index in [1.54, 1.807) is 0 Å². The van der Waals surface area contributed by atoms with Gasteiger partial charge in [-0.2, -0.15) is 0 Å². The Bertz CT molecular complexity index is 1200. The normalized spacial score (nSPS) is 13.7. The number of thiazole rings is 1. The Hall–Kier alpha value is -3.85. The monoisotopic (exact) mass is 435 g/mol. The van der Waals surface area contributed by atoms with Crippen molar-refractivity contribution in [3.05, 3.63) is 70.6 Å². The van der Waals surface area contributed by atoms with E-state index in [0.29, 0.717) is 5.13 Å². The van der Waals surface area contributed by atoms with Crippen LogP contribution in [0.1, 0.15) is 38.0 Å². The molecule has 0 bridgehead atoms. The molecular formula is C22H17N3O5S. The van der Waals surface area contributed by atoms with Gasteiger partial charge in [-0.3, -0.25) is 24.6 Å². The molecule has 9 heteroatoms. The zero-order valence-electron chi connectivity index (χ0n) is 16.6. The highest BCUT2D eigenvalue weighted by Gasteiger charge is 2.33. The van der Waals surface area contributed by atoms with E-state index in [0.717, 1.165) is 16.2 Å². The Labute approximate surface area is 181 Å². The molecule has 0 spiro atoms. The predicted octanol–water partition coefficient (Wildman–Crippen LogP) is 3.22. The molecule has 0 aliphatic carbocycles. The van der Waals surface area contributed by atoms with Gasteiger partial charge < -0.3 is 4.74 Å². The summed E-state index contributed by atoms with van der Waals surface area (Å²) in [7, 11) is 1.37. The molecule has 156 valence electrons. The van der Waals surface area contributed by atoms with Crippen LogP contribution in [0, 0.1) is 0 Å². The molecule has 0 radical (unpaired) electrons. The van der Waals surface area contributed by atoms with Gasteiger partial charge in [0.1, 0.15) is 0 Å². The minimum atomic E-state index is -1.09. The summed E-state index contributed by atoms with van der Waals surface area (Å²) in [6.45, 7) is 1.44. The van der Waals surface area contributed by atoms with Gasteiger partial charge in [0.15, 0.2) is 11.2 Å².